The maximum Gasteiger partial charge on any atom is 0.0550 e. The van der Waals surface area contributed by atoms with Gasteiger partial charge in [-0.3, -0.25) is 0 Å². The summed E-state index contributed by atoms with van der Waals surface area (Å²) in [7, 11) is 0. The van der Waals surface area contributed by atoms with Crippen LogP contribution in [0.4, 0.5) is 0 Å². The molecule has 66 valence electrons. The molecular weight excluding hydrogens is 138 g/mol. The zero-order chi connectivity index (χ0) is 8.32. The molecule has 2 aliphatic rings. The van der Waals surface area contributed by atoms with Crippen LogP contribution >= 0.6 is 0 Å². The summed E-state index contributed by atoms with van der Waals surface area (Å²) in [4.78, 5) is 0. The van der Waals surface area contributed by atoms with Crippen LogP contribution < -0.4 is 5.32 Å². The molecule has 0 aromatic heterocycles. The van der Waals surface area contributed by atoms with Crippen molar-refractivity contribution in [3.63, 3.8) is 0 Å². The average Bonchev–Trinajstić information content (AvgIpc) is 2.34. The molecule has 11 heavy (non-hydrogen) atoms. The van der Waals surface area contributed by atoms with E-state index in [4.69, 9.17) is 4.74 Å². The molecule has 2 heterocycles. The topological polar surface area (TPSA) is 21.3 Å². The summed E-state index contributed by atoms with van der Waals surface area (Å²) in [6.45, 7) is 10.6. The summed E-state index contributed by atoms with van der Waals surface area (Å²) in [5.41, 5.74) is 0.542. The molecule has 2 nitrogen and oxygen atoms in total. The van der Waals surface area contributed by atoms with Gasteiger partial charge in [0.05, 0.1) is 6.61 Å². The molecule has 1 atom stereocenters. The Hall–Kier alpha value is -0.0800. The third-order valence-electron chi connectivity index (χ3n) is 2.76. The van der Waals surface area contributed by atoms with Crippen molar-refractivity contribution in [2.24, 2.45) is 11.3 Å². The molecule has 1 spiro atoms. The molecule has 0 aromatic rings. The van der Waals surface area contributed by atoms with Crippen molar-refractivity contribution in [1.82, 2.24) is 5.32 Å². The van der Waals surface area contributed by atoms with Gasteiger partial charge in [0.25, 0.3) is 0 Å². The summed E-state index contributed by atoms with van der Waals surface area (Å²) in [6, 6.07) is 0. The largest absolute Gasteiger partial charge is 0.380 e. The fourth-order valence-electron chi connectivity index (χ4n) is 1.65. The van der Waals surface area contributed by atoms with Crippen molar-refractivity contribution in [2.45, 2.75) is 20.8 Å². The van der Waals surface area contributed by atoms with E-state index >= 15 is 0 Å². The van der Waals surface area contributed by atoms with Crippen molar-refractivity contribution < 1.29 is 4.74 Å². The highest BCUT2D eigenvalue weighted by Crippen LogP contribution is 2.37. The first-order chi connectivity index (χ1) is 5.33. The second kappa shape index (κ2) is 3.55. The van der Waals surface area contributed by atoms with Gasteiger partial charge in [-0.25, -0.2) is 0 Å². The molecular formula is C9H19NO. The van der Waals surface area contributed by atoms with Crippen LogP contribution in [0, 0.1) is 11.3 Å². The van der Waals surface area contributed by atoms with Gasteiger partial charge in [-0.2, -0.15) is 0 Å². The van der Waals surface area contributed by atoms with E-state index in [0.717, 1.165) is 19.1 Å². The van der Waals surface area contributed by atoms with Crippen LogP contribution in [-0.2, 0) is 4.74 Å². The second-order valence-electron chi connectivity index (χ2n) is 3.38. The molecule has 2 fully saturated rings. The van der Waals surface area contributed by atoms with E-state index in [1.165, 1.54) is 13.1 Å². The number of rotatable bonds is 0. The minimum Gasteiger partial charge on any atom is -0.380 e. The second-order valence-corrected chi connectivity index (χ2v) is 3.38. The van der Waals surface area contributed by atoms with Crippen LogP contribution in [0.15, 0.2) is 0 Å². The molecule has 2 rings (SSSR count). The summed E-state index contributed by atoms with van der Waals surface area (Å²) in [5.74, 6) is 0.777. The van der Waals surface area contributed by atoms with E-state index < -0.39 is 0 Å². The minimum absolute atomic E-state index is 0.542. The normalized spacial score (nSPS) is 32.5. The first-order valence-corrected chi connectivity index (χ1v) is 4.62. The zero-order valence-electron chi connectivity index (χ0n) is 7.81. The summed E-state index contributed by atoms with van der Waals surface area (Å²) < 4.78 is 5.37. The molecule has 1 unspecified atom stereocenters. The van der Waals surface area contributed by atoms with Crippen LogP contribution in [0.2, 0.25) is 0 Å². The van der Waals surface area contributed by atoms with Crippen molar-refractivity contribution in [1.29, 1.82) is 0 Å². The molecule has 2 heteroatoms. The van der Waals surface area contributed by atoms with Gasteiger partial charge < -0.3 is 10.1 Å². The molecule has 2 aliphatic heterocycles. The Labute approximate surface area is 69.3 Å². The van der Waals surface area contributed by atoms with E-state index in [0.29, 0.717) is 5.41 Å². The van der Waals surface area contributed by atoms with Crippen molar-refractivity contribution in [2.75, 3.05) is 26.3 Å². The summed E-state index contributed by atoms with van der Waals surface area (Å²) in [5, 5.41) is 3.29. The van der Waals surface area contributed by atoms with E-state index in [1.807, 2.05) is 13.8 Å². The Bertz CT molecular complexity index is 121. The maximum atomic E-state index is 5.37. The van der Waals surface area contributed by atoms with Gasteiger partial charge in [0.15, 0.2) is 0 Å². The van der Waals surface area contributed by atoms with E-state index in [1.54, 1.807) is 0 Å². The molecule has 1 N–H and O–H groups in total. The van der Waals surface area contributed by atoms with Gasteiger partial charge >= 0.3 is 0 Å². The SMILES string of the molecule is CC.CC1COCC12CNC2. The lowest BCUT2D eigenvalue weighted by Crippen LogP contribution is -2.56. The highest BCUT2D eigenvalue weighted by Gasteiger charge is 2.45. The third-order valence-corrected chi connectivity index (χ3v) is 2.76. The van der Waals surface area contributed by atoms with E-state index in [9.17, 15) is 0 Å². The molecule has 2 saturated heterocycles. The predicted octanol–water partition coefficient (Wildman–Crippen LogP) is 1.27. The standard InChI is InChI=1S/C7H13NO.C2H6/c1-6-2-9-5-7(6)3-8-4-7;1-2/h6,8H,2-5H2,1H3;1-2H3. The van der Waals surface area contributed by atoms with Gasteiger partial charge in [0.1, 0.15) is 0 Å². The fraction of sp³-hybridized carbons (Fsp3) is 1.00. The monoisotopic (exact) mass is 157 g/mol. The first-order valence-electron chi connectivity index (χ1n) is 4.62. The minimum atomic E-state index is 0.542. The van der Waals surface area contributed by atoms with Gasteiger partial charge in [-0.15, -0.1) is 0 Å². The Balaban J connectivity index is 0.000000281. The maximum absolute atomic E-state index is 5.37. The number of hydrogen-bond donors (Lipinski definition) is 1. The van der Waals surface area contributed by atoms with Crippen LogP contribution in [0.3, 0.4) is 0 Å². The third kappa shape index (κ3) is 1.42. The lowest BCUT2D eigenvalue weighted by molar-refractivity contribution is 0.100. The molecule has 0 amide bonds. The number of nitrogens with one attached hydrogen (secondary N) is 1. The van der Waals surface area contributed by atoms with Crippen LogP contribution in [-0.4, -0.2) is 26.3 Å². The fourth-order valence-corrected chi connectivity index (χ4v) is 1.65. The highest BCUT2D eigenvalue weighted by atomic mass is 16.5. The Morgan fingerprint density at radius 1 is 1.36 bits per heavy atom. The first kappa shape index (κ1) is 9.01. The van der Waals surface area contributed by atoms with Gasteiger partial charge in [-0.1, -0.05) is 20.8 Å². The predicted molar refractivity (Wildman–Crippen MR) is 46.6 cm³/mol. The molecule has 0 aliphatic carbocycles. The van der Waals surface area contributed by atoms with Crippen LogP contribution in [0.1, 0.15) is 20.8 Å². The number of ether oxygens (including phenoxy) is 1. The van der Waals surface area contributed by atoms with Gasteiger partial charge in [0, 0.05) is 25.1 Å². The van der Waals surface area contributed by atoms with Crippen molar-refractivity contribution in [3.8, 4) is 0 Å². The Kier molecular flexibility index (Phi) is 2.90. The van der Waals surface area contributed by atoms with Gasteiger partial charge in [0.2, 0.25) is 0 Å². The zero-order valence-corrected chi connectivity index (χ0v) is 7.81. The van der Waals surface area contributed by atoms with E-state index in [-0.39, 0.29) is 0 Å². The Morgan fingerprint density at radius 3 is 2.18 bits per heavy atom. The van der Waals surface area contributed by atoms with Crippen molar-refractivity contribution in [3.05, 3.63) is 0 Å². The molecule has 0 saturated carbocycles. The Morgan fingerprint density at radius 2 is 2.00 bits per heavy atom. The van der Waals surface area contributed by atoms with Crippen LogP contribution in [0.5, 0.6) is 0 Å². The quantitative estimate of drug-likeness (QED) is 0.571. The van der Waals surface area contributed by atoms with Gasteiger partial charge in [-0.05, 0) is 5.92 Å². The summed E-state index contributed by atoms with van der Waals surface area (Å²) >= 11 is 0. The number of hydrogen-bond acceptors (Lipinski definition) is 2. The summed E-state index contributed by atoms with van der Waals surface area (Å²) in [6.07, 6.45) is 0. The molecule has 0 aromatic carbocycles. The molecule has 0 bridgehead atoms. The van der Waals surface area contributed by atoms with Crippen molar-refractivity contribution >= 4 is 0 Å². The lowest BCUT2D eigenvalue weighted by Gasteiger charge is -2.41. The van der Waals surface area contributed by atoms with Crippen LogP contribution in [0.25, 0.3) is 0 Å². The highest BCUT2D eigenvalue weighted by molar-refractivity contribution is 4.98. The lowest BCUT2D eigenvalue weighted by atomic mass is 9.74. The smallest absolute Gasteiger partial charge is 0.0550 e. The van der Waals surface area contributed by atoms with E-state index in [2.05, 4.69) is 12.2 Å². The molecule has 0 radical (unpaired) electrons. The average molecular weight is 157 g/mol.